The SMILES string of the molecule is O=C(NCCOc1ccc2nnc(-c3ccc(F)cc3)n2n1)c1ccc(S(=O)(=O)N2CCCCC2)cc1. The number of amides is 1. The molecule has 0 unspecified atom stereocenters. The molecular weight excluding hydrogens is 499 g/mol. The Morgan fingerprint density at radius 2 is 1.68 bits per heavy atom. The van der Waals surface area contributed by atoms with E-state index >= 15 is 0 Å². The molecule has 0 saturated carbocycles. The highest BCUT2D eigenvalue weighted by molar-refractivity contribution is 7.89. The van der Waals surface area contributed by atoms with E-state index in [1.165, 1.54) is 45.2 Å². The van der Waals surface area contributed by atoms with Gasteiger partial charge in [0.2, 0.25) is 15.9 Å². The molecule has 37 heavy (non-hydrogen) atoms. The maximum atomic E-state index is 13.2. The third kappa shape index (κ3) is 5.44. The molecule has 0 bridgehead atoms. The molecule has 10 nitrogen and oxygen atoms in total. The average molecular weight is 525 g/mol. The topological polar surface area (TPSA) is 119 Å². The highest BCUT2D eigenvalue weighted by atomic mass is 32.2. The lowest BCUT2D eigenvalue weighted by Gasteiger charge is -2.25. The summed E-state index contributed by atoms with van der Waals surface area (Å²) in [4.78, 5) is 12.7. The highest BCUT2D eigenvalue weighted by Gasteiger charge is 2.26. The van der Waals surface area contributed by atoms with Crippen molar-refractivity contribution in [1.82, 2.24) is 29.4 Å². The fourth-order valence-corrected chi connectivity index (χ4v) is 5.60. The number of fused-ring (bicyclic) bond motifs is 1. The Morgan fingerprint density at radius 3 is 2.41 bits per heavy atom. The van der Waals surface area contributed by atoms with Crippen LogP contribution in [0.2, 0.25) is 0 Å². The Morgan fingerprint density at radius 1 is 0.946 bits per heavy atom. The molecule has 2 aromatic carbocycles. The van der Waals surface area contributed by atoms with Crippen molar-refractivity contribution in [3.8, 4) is 17.3 Å². The predicted octanol–water partition coefficient (Wildman–Crippen LogP) is 2.91. The molecule has 192 valence electrons. The molecule has 1 saturated heterocycles. The Labute approximate surface area is 213 Å². The number of carbonyl (C=O) groups excluding carboxylic acids is 1. The molecule has 1 fully saturated rings. The fraction of sp³-hybridized carbons (Fsp3) is 0.280. The maximum absolute atomic E-state index is 13.2. The Balaban J connectivity index is 1.16. The van der Waals surface area contributed by atoms with E-state index in [2.05, 4.69) is 20.6 Å². The van der Waals surface area contributed by atoms with Crippen molar-refractivity contribution < 1.29 is 22.3 Å². The van der Waals surface area contributed by atoms with Crippen LogP contribution < -0.4 is 10.1 Å². The summed E-state index contributed by atoms with van der Waals surface area (Å²) in [5.41, 5.74) is 1.51. The van der Waals surface area contributed by atoms with Crippen molar-refractivity contribution in [2.24, 2.45) is 0 Å². The first-order valence-corrected chi connectivity index (χ1v) is 13.4. The number of rotatable bonds is 8. The number of hydrogen-bond acceptors (Lipinski definition) is 7. The minimum Gasteiger partial charge on any atom is -0.475 e. The van der Waals surface area contributed by atoms with Gasteiger partial charge >= 0.3 is 0 Å². The van der Waals surface area contributed by atoms with Crippen molar-refractivity contribution >= 4 is 21.6 Å². The van der Waals surface area contributed by atoms with E-state index < -0.39 is 10.0 Å². The second-order valence-electron chi connectivity index (χ2n) is 8.57. The van der Waals surface area contributed by atoms with E-state index in [1.807, 2.05) is 0 Å². The number of piperidine rings is 1. The van der Waals surface area contributed by atoms with Crippen molar-refractivity contribution in [2.45, 2.75) is 24.2 Å². The summed E-state index contributed by atoms with van der Waals surface area (Å²) in [6.45, 7) is 1.41. The van der Waals surface area contributed by atoms with Gasteiger partial charge in [0, 0.05) is 30.3 Å². The Hall–Kier alpha value is -3.90. The molecule has 0 radical (unpaired) electrons. The standard InChI is InChI=1S/C25H25FN6O4S/c26-20-8-4-18(5-9-20)24-29-28-22-12-13-23(30-32(22)24)36-17-14-27-25(33)19-6-10-21(11-7-19)37(34,35)31-15-2-1-3-16-31/h4-13H,1-3,14-17H2,(H,27,33). The third-order valence-corrected chi connectivity index (χ3v) is 7.96. The van der Waals surface area contributed by atoms with Crippen LogP contribution in [0.25, 0.3) is 17.0 Å². The van der Waals surface area contributed by atoms with Gasteiger partial charge in [-0.15, -0.1) is 15.3 Å². The summed E-state index contributed by atoms with van der Waals surface area (Å²) in [5.74, 6) is 0.0537. The number of carbonyl (C=O) groups is 1. The first-order chi connectivity index (χ1) is 17.9. The number of nitrogens with zero attached hydrogens (tertiary/aromatic N) is 5. The van der Waals surface area contributed by atoms with Gasteiger partial charge in [-0.3, -0.25) is 4.79 Å². The van der Waals surface area contributed by atoms with E-state index in [9.17, 15) is 17.6 Å². The molecular formula is C25H25FN6O4S. The van der Waals surface area contributed by atoms with E-state index in [-0.39, 0.29) is 29.8 Å². The van der Waals surface area contributed by atoms with Crippen LogP contribution in [-0.2, 0) is 10.0 Å². The summed E-state index contributed by atoms with van der Waals surface area (Å²) >= 11 is 0. The highest BCUT2D eigenvalue weighted by Crippen LogP contribution is 2.21. The number of sulfonamides is 1. The lowest BCUT2D eigenvalue weighted by Crippen LogP contribution is -2.35. The van der Waals surface area contributed by atoms with Crippen LogP contribution in [0.3, 0.4) is 0 Å². The van der Waals surface area contributed by atoms with Crippen LogP contribution in [-0.4, -0.2) is 64.7 Å². The lowest BCUT2D eigenvalue weighted by molar-refractivity contribution is 0.0946. The van der Waals surface area contributed by atoms with Gasteiger partial charge in [0.25, 0.3) is 5.91 Å². The molecule has 0 spiro atoms. The monoisotopic (exact) mass is 524 g/mol. The number of aromatic nitrogens is 4. The first-order valence-electron chi connectivity index (χ1n) is 11.9. The Kier molecular flexibility index (Phi) is 7.10. The second-order valence-corrected chi connectivity index (χ2v) is 10.5. The normalized spacial score (nSPS) is 14.5. The largest absolute Gasteiger partial charge is 0.475 e. The smallest absolute Gasteiger partial charge is 0.251 e. The van der Waals surface area contributed by atoms with Gasteiger partial charge in [0.15, 0.2) is 11.5 Å². The number of halogens is 1. The van der Waals surface area contributed by atoms with E-state index in [0.717, 1.165) is 19.3 Å². The van der Waals surface area contributed by atoms with E-state index in [0.29, 0.717) is 41.6 Å². The summed E-state index contributed by atoms with van der Waals surface area (Å²) in [6, 6.07) is 15.1. The number of nitrogens with one attached hydrogen (secondary N) is 1. The van der Waals surface area contributed by atoms with Crippen LogP contribution in [0.1, 0.15) is 29.6 Å². The van der Waals surface area contributed by atoms with Gasteiger partial charge in [-0.1, -0.05) is 6.42 Å². The first kappa shape index (κ1) is 24.8. The number of hydrogen-bond donors (Lipinski definition) is 1. The molecule has 1 aliphatic heterocycles. The molecule has 0 aliphatic carbocycles. The summed E-state index contributed by atoms with van der Waals surface area (Å²) < 4.78 is 47.5. The molecule has 5 rings (SSSR count). The van der Waals surface area contributed by atoms with E-state index in [1.54, 1.807) is 24.3 Å². The summed E-state index contributed by atoms with van der Waals surface area (Å²) in [6.07, 6.45) is 2.76. The van der Waals surface area contributed by atoms with Crippen molar-refractivity contribution in [2.75, 3.05) is 26.2 Å². The summed E-state index contributed by atoms with van der Waals surface area (Å²) in [5, 5.41) is 15.3. The van der Waals surface area contributed by atoms with Crippen LogP contribution in [0.5, 0.6) is 5.88 Å². The molecule has 3 heterocycles. The maximum Gasteiger partial charge on any atom is 0.251 e. The van der Waals surface area contributed by atoms with E-state index in [4.69, 9.17) is 4.74 Å². The van der Waals surface area contributed by atoms with Gasteiger partial charge in [-0.25, -0.2) is 12.8 Å². The zero-order chi connectivity index (χ0) is 25.8. The van der Waals surface area contributed by atoms with Gasteiger partial charge in [-0.2, -0.15) is 8.82 Å². The molecule has 1 aliphatic rings. The Bertz CT molecular complexity index is 1500. The van der Waals surface area contributed by atoms with Crippen molar-refractivity contribution in [3.05, 3.63) is 72.0 Å². The second kappa shape index (κ2) is 10.6. The van der Waals surface area contributed by atoms with Crippen molar-refractivity contribution in [3.63, 3.8) is 0 Å². The summed E-state index contributed by atoms with van der Waals surface area (Å²) in [7, 11) is -3.54. The third-order valence-electron chi connectivity index (χ3n) is 6.05. The van der Waals surface area contributed by atoms with Crippen LogP contribution in [0.15, 0.2) is 65.6 Å². The van der Waals surface area contributed by atoms with Gasteiger partial charge < -0.3 is 10.1 Å². The molecule has 4 aromatic rings. The zero-order valence-corrected chi connectivity index (χ0v) is 20.7. The van der Waals surface area contributed by atoms with Crippen LogP contribution in [0, 0.1) is 5.82 Å². The molecule has 0 atom stereocenters. The minimum atomic E-state index is -3.54. The quantitative estimate of drug-likeness (QED) is 0.352. The molecule has 1 N–H and O–H groups in total. The lowest BCUT2D eigenvalue weighted by atomic mass is 10.2. The molecule has 12 heteroatoms. The van der Waals surface area contributed by atoms with Crippen molar-refractivity contribution in [1.29, 1.82) is 0 Å². The molecule has 2 aromatic heterocycles. The fourth-order valence-electron chi connectivity index (χ4n) is 4.08. The van der Waals surface area contributed by atoms with Gasteiger partial charge in [-0.05, 0) is 67.4 Å². The van der Waals surface area contributed by atoms with Crippen LogP contribution >= 0.6 is 0 Å². The van der Waals surface area contributed by atoms with Crippen LogP contribution in [0.4, 0.5) is 4.39 Å². The van der Waals surface area contributed by atoms with Gasteiger partial charge in [0.05, 0.1) is 11.4 Å². The minimum absolute atomic E-state index is 0.152. The zero-order valence-electron chi connectivity index (χ0n) is 19.9. The van der Waals surface area contributed by atoms with Gasteiger partial charge in [0.1, 0.15) is 12.4 Å². The predicted molar refractivity (Wildman–Crippen MR) is 133 cm³/mol. The average Bonchev–Trinajstić information content (AvgIpc) is 3.35. The molecule has 1 amide bonds. The number of ether oxygens (including phenoxy) is 1. The number of benzene rings is 2.